The predicted molar refractivity (Wildman–Crippen MR) is 91.6 cm³/mol. The number of hydrogen-bond donors (Lipinski definition) is 1. The van der Waals surface area contributed by atoms with Crippen LogP contribution in [0.4, 0.5) is 5.13 Å². The van der Waals surface area contributed by atoms with Gasteiger partial charge in [-0.3, -0.25) is 10.1 Å². The van der Waals surface area contributed by atoms with E-state index in [-0.39, 0.29) is 5.91 Å². The number of anilines is 1. The molecule has 0 atom stereocenters. The van der Waals surface area contributed by atoms with Crippen LogP contribution < -0.4 is 5.32 Å². The van der Waals surface area contributed by atoms with Gasteiger partial charge in [0.15, 0.2) is 5.13 Å². The minimum absolute atomic E-state index is 0.323. The molecule has 6 nitrogen and oxygen atoms in total. The van der Waals surface area contributed by atoms with Crippen LogP contribution in [0.1, 0.15) is 25.9 Å². The normalized spacial score (nSPS) is 10.5. The molecule has 23 heavy (non-hydrogen) atoms. The average Bonchev–Trinajstić information content (AvgIpc) is 3.26. The first-order valence-corrected chi connectivity index (χ1v) is 9.07. The Kier molecular flexibility index (Phi) is 4.51. The number of methoxy groups -OCH3 is 1. The second-order valence-corrected chi connectivity index (χ2v) is 7.07. The Morgan fingerprint density at radius 2 is 2.09 bits per heavy atom. The van der Waals surface area contributed by atoms with E-state index in [0.29, 0.717) is 21.4 Å². The van der Waals surface area contributed by atoms with Crippen molar-refractivity contribution >= 4 is 51.0 Å². The van der Waals surface area contributed by atoms with Gasteiger partial charge in [-0.15, -0.1) is 11.3 Å². The van der Waals surface area contributed by atoms with E-state index in [1.54, 1.807) is 23.6 Å². The summed E-state index contributed by atoms with van der Waals surface area (Å²) in [5.41, 5.74) is 1.84. The molecule has 0 unspecified atom stereocenters. The van der Waals surface area contributed by atoms with Crippen LogP contribution in [0.3, 0.4) is 0 Å². The first-order chi connectivity index (χ1) is 11.1. The van der Waals surface area contributed by atoms with Crippen molar-refractivity contribution in [1.82, 2.24) is 9.97 Å². The molecule has 0 aromatic carbocycles. The van der Waals surface area contributed by atoms with Crippen molar-refractivity contribution < 1.29 is 14.3 Å². The van der Waals surface area contributed by atoms with Gasteiger partial charge in [0.25, 0.3) is 5.91 Å². The summed E-state index contributed by atoms with van der Waals surface area (Å²) >= 11 is 4.06. The fourth-order valence-corrected chi connectivity index (χ4v) is 4.18. The van der Waals surface area contributed by atoms with Crippen molar-refractivity contribution in [3.63, 3.8) is 0 Å². The highest BCUT2D eigenvalue weighted by Crippen LogP contribution is 2.27. The molecular formula is C14H11N3O3S3. The number of thiazole rings is 2. The lowest BCUT2D eigenvalue weighted by molar-refractivity contribution is 0.0605. The first kappa shape index (κ1) is 15.8. The number of carbonyl (C=O) groups is 2. The Balaban J connectivity index is 1.76. The summed E-state index contributed by atoms with van der Waals surface area (Å²) in [6.45, 7) is 1.69. The third-order valence-corrected chi connectivity index (χ3v) is 5.52. The molecule has 0 aliphatic carbocycles. The highest BCUT2D eigenvalue weighted by molar-refractivity contribution is 7.17. The van der Waals surface area contributed by atoms with Gasteiger partial charge in [-0.1, -0.05) is 11.3 Å². The number of aryl methyl sites for hydroxylation is 1. The van der Waals surface area contributed by atoms with Crippen molar-refractivity contribution in [3.05, 3.63) is 38.5 Å². The molecular weight excluding hydrogens is 354 g/mol. The summed E-state index contributed by atoms with van der Waals surface area (Å²) in [4.78, 5) is 32.7. The minimum atomic E-state index is -0.464. The molecule has 0 saturated carbocycles. The van der Waals surface area contributed by atoms with Gasteiger partial charge < -0.3 is 4.74 Å². The highest BCUT2D eigenvalue weighted by atomic mass is 32.1. The van der Waals surface area contributed by atoms with E-state index in [4.69, 9.17) is 0 Å². The zero-order valence-electron chi connectivity index (χ0n) is 12.2. The summed E-state index contributed by atoms with van der Waals surface area (Å²) in [5, 5.41) is 9.44. The summed E-state index contributed by atoms with van der Waals surface area (Å²) in [5.74, 6) is -0.818. The summed E-state index contributed by atoms with van der Waals surface area (Å²) < 4.78 is 4.67. The van der Waals surface area contributed by atoms with Crippen molar-refractivity contribution in [2.75, 3.05) is 12.4 Å². The van der Waals surface area contributed by atoms with Gasteiger partial charge in [0.2, 0.25) is 0 Å². The molecule has 3 aromatic heterocycles. The number of esters is 1. The predicted octanol–water partition coefficient (Wildman–Crippen LogP) is 3.68. The third-order valence-electron chi connectivity index (χ3n) is 2.89. The second-order valence-electron chi connectivity index (χ2n) is 4.43. The number of nitrogens with one attached hydrogen (secondary N) is 1. The van der Waals surface area contributed by atoms with Crippen LogP contribution in [0, 0.1) is 6.92 Å². The quantitative estimate of drug-likeness (QED) is 0.713. The summed E-state index contributed by atoms with van der Waals surface area (Å²) in [6.07, 6.45) is 0. The van der Waals surface area contributed by atoms with Gasteiger partial charge in [-0.05, 0) is 18.4 Å². The Morgan fingerprint density at radius 3 is 2.78 bits per heavy atom. The van der Waals surface area contributed by atoms with Crippen LogP contribution in [-0.2, 0) is 4.74 Å². The molecule has 3 heterocycles. The molecule has 9 heteroatoms. The van der Waals surface area contributed by atoms with E-state index >= 15 is 0 Å². The Morgan fingerprint density at radius 1 is 1.26 bits per heavy atom. The van der Waals surface area contributed by atoms with Gasteiger partial charge in [0.1, 0.15) is 15.6 Å². The molecule has 0 aliphatic rings. The van der Waals surface area contributed by atoms with E-state index in [1.165, 1.54) is 18.4 Å². The second kappa shape index (κ2) is 6.57. The number of thiophene rings is 1. The van der Waals surface area contributed by atoms with E-state index in [1.807, 2.05) is 16.8 Å². The van der Waals surface area contributed by atoms with Gasteiger partial charge in [0.05, 0.1) is 12.8 Å². The standard InChI is InChI=1S/C14H11N3O3S3/c1-7-10(13(19)20-2)23-14(15-7)17-11(18)9-6-22-12(16-9)8-3-4-21-5-8/h3-6H,1-2H3,(H,15,17,18). The van der Waals surface area contributed by atoms with Crippen LogP contribution in [0.5, 0.6) is 0 Å². The monoisotopic (exact) mass is 365 g/mol. The number of aromatic nitrogens is 2. The molecule has 0 radical (unpaired) electrons. The van der Waals surface area contributed by atoms with E-state index in [9.17, 15) is 9.59 Å². The van der Waals surface area contributed by atoms with E-state index in [2.05, 4.69) is 20.0 Å². The smallest absolute Gasteiger partial charge is 0.350 e. The summed E-state index contributed by atoms with van der Waals surface area (Å²) in [7, 11) is 1.31. The maximum absolute atomic E-state index is 12.2. The van der Waals surface area contributed by atoms with Crippen molar-refractivity contribution in [3.8, 4) is 10.6 Å². The number of amides is 1. The largest absolute Gasteiger partial charge is 0.465 e. The van der Waals surface area contributed by atoms with Crippen LogP contribution in [0.25, 0.3) is 10.6 Å². The number of ether oxygens (including phenoxy) is 1. The Labute approximate surface area is 143 Å². The van der Waals surface area contributed by atoms with Gasteiger partial charge in [-0.2, -0.15) is 11.3 Å². The SMILES string of the molecule is COC(=O)c1sc(NC(=O)c2csc(-c3ccsc3)n2)nc1C. The topological polar surface area (TPSA) is 81.2 Å². The average molecular weight is 365 g/mol. The van der Waals surface area contributed by atoms with Crippen molar-refractivity contribution in [1.29, 1.82) is 0 Å². The summed E-state index contributed by atoms with van der Waals surface area (Å²) in [6, 6.07) is 1.96. The van der Waals surface area contributed by atoms with E-state index in [0.717, 1.165) is 21.9 Å². The fourth-order valence-electron chi connectivity index (χ4n) is 1.79. The van der Waals surface area contributed by atoms with Crippen molar-refractivity contribution in [2.24, 2.45) is 0 Å². The van der Waals surface area contributed by atoms with Crippen LogP contribution in [-0.4, -0.2) is 29.0 Å². The molecule has 3 aromatic rings. The maximum atomic E-state index is 12.2. The van der Waals surface area contributed by atoms with E-state index < -0.39 is 5.97 Å². The molecule has 0 bridgehead atoms. The van der Waals surface area contributed by atoms with Crippen LogP contribution in [0.2, 0.25) is 0 Å². The zero-order valence-corrected chi connectivity index (χ0v) is 14.6. The maximum Gasteiger partial charge on any atom is 0.350 e. The van der Waals surface area contributed by atoms with Crippen LogP contribution in [0.15, 0.2) is 22.2 Å². The third kappa shape index (κ3) is 3.31. The van der Waals surface area contributed by atoms with Crippen LogP contribution >= 0.6 is 34.0 Å². The molecule has 1 amide bonds. The molecule has 118 valence electrons. The number of carbonyl (C=O) groups excluding carboxylic acids is 2. The molecule has 0 spiro atoms. The molecule has 0 fully saturated rings. The Hall–Kier alpha value is -2.10. The molecule has 3 rings (SSSR count). The lowest BCUT2D eigenvalue weighted by Gasteiger charge is -1.97. The number of nitrogens with zero attached hydrogens (tertiary/aromatic N) is 2. The number of hydrogen-bond acceptors (Lipinski definition) is 8. The molecule has 0 aliphatic heterocycles. The Bertz CT molecular complexity index is 852. The lowest BCUT2D eigenvalue weighted by Crippen LogP contribution is -2.12. The molecule has 0 saturated heterocycles. The lowest BCUT2D eigenvalue weighted by atomic mass is 10.3. The first-order valence-electron chi connectivity index (χ1n) is 6.43. The zero-order chi connectivity index (χ0) is 16.4. The van der Waals surface area contributed by atoms with Crippen molar-refractivity contribution in [2.45, 2.75) is 6.92 Å². The highest BCUT2D eigenvalue weighted by Gasteiger charge is 2.18. The number of rotatable bonds is 4. The van der Waals surface area contributed by atoms with Gasteiger partial charge in [0, 0.05) is 16.3 Å². The van der Waals surface area contributed by atoms with Gasteiger partial charge in [-0.25, -0.2) is 14.8 Å². The molecule has 1 N–H and O–H groups in total. The fraction of sp³-hybridized carbons (Fsp3) is 0.143. The minimum Gasteiger partial charge on any atom is -0.465 e. The van der Waals surface area contributed by atoms with Gasteiger partial charge >= 0.3 is 5.97 Å².